The fraction of sp³-hybridized carbons (Fsp3) is 0.500. The molecule has 0 aliphatic heterocycles. The molecule has 1 aromatic carbocycles. The number of rotatable bonds is 7. The number of aryl methyl sites for hydroxylation is 1. The SMILES string of the molecule is COc1cc(C(N)=O)cc2nc(N)n(CCCCNC(=O)OC(C)(C)C)c12. The average Bonchev–Trinajstić information content (AvgIpc) is 2.87. The number of amides is 2. The molecule has 0 aliphatic carbocycles. The number of hydrogen-bond donors (Lipinski definition) is 3. The summed E-state index contributed by atoms with van der Waals surface area (Å²) in [5.41, 5.74) is 12.4. The van der Waals surface area contributed by atoms with Crippen molar-refractivity contribution in [1.29, 1.82) is 0 Å². The first-order chi connectivity index (χ1) is 12.6. The van der Waals surface area contributed by atoms with Crippen molar-refractivity contribution in [1.82, 2.24) is 14.9 Å². The number of nitrogen functional groups attached to an aromatic ring is 1. The predicted molar refractivity (Wildman–Crippen MR) is 103 cm³/mol. The van der Waals surface area contributed by atoms with Crippen LogP contribution in [0.4, 0.5) is 10.7 Å². The van der Waals surface area contributed by atoms with Crippen LogP contribution in [0.3, 0.4) is 0 Å². The Morgan fingerprint density at radius 1 is 1.26 bits per heavy atom. The zero-order valence-electron chi connectivity index (χ0n) is 16.2. The van der Waals surface area contributed by atoms with Crippen LogP contribution in [0.15, 0.2) is 12.1 Å². The number of hydrogen-bond acceptors (Lipinski definition) is 6. The Labute approximate surface area is 158 Å². The second-order valence-electron chi connectivity index (χ2n) is 7.17. The molecule has 0 saturated heterocycles. The summed E-state index contributed by atoms with van der Waals surface area (Å²) in [5, 5.41) is 2.72. The maximum atomic E-state index is 11.6. The molecule has 2 aromatic rings. The lowest BCUT2D eigenvalue weighted by atomic mass is 10.1. The zero-order chi connectivity index (χ0) is 20.2. The van der Waals surface area contributed by atoms with Crippen molar-refractivity contribution in [2.75, 3.05) is 19.4 Å². The summed E-state index contributed by atoms with van der Waals surface area (Å²) < 4.78 is 12.4. The minimum Gasteiger partial charge on any atom is -0.494 e. The number of ether oxygens (including phenoxy) is 2. The topological polar surface area (TPSA) is 134 Å². The van der Waals surface area contributed by atoms with Crippen LogP contribution in [0.25, 0.3) is 11.0 Å². The molecule has 9 heteroatoms. The number of primary amides is 1. The van der Waals surface area contributed by atoms with Crippen LogP contribution in [-0.4, -0.2) is 40.8 Å². The quantitative estimate of drug-likeness (QED) is 0.632. The lowest BCUT2D eigenvalue weighted by Crippen LogP contribution is -2.33. The van der Waals surface area contributed by atoms with Crippen LogP contribution in [0.5, 0.6) is 5.75 Å². The van der Waals surface area contributed by atoms with Crippen LogP contribution >= 0.6 is 0 Å². The van der Waals surface area contributed by atoms with Gasteiger partial charge in [-0.05, 0) is 45.7 Å². The van der Waals surface area contributed by atoms with E-state index in [0.717, 1.165) is 12.8 Å². The molecule has 27 heavy (non-hydrogen) atoms. The monoisotopic (exact) mass is 377 g/mol. The second kappa shape index (κ2) is 8.15. The lowest BCUT2D eigenvalue weighted by molar-refractivity contribution is 0.0526. The Morgan fingerprint density at radius 3 is 2.56 bits per heavy atom. The Balaban J connectivity index is 2.02. The van der Waals surface area contributed by atoms with Gasteiger partial charge in [0.1, 0.15) is 16.9 Å². The van der Waals surface area contributed by atoms with Gasteiger partial charge in [-0.2, -0.15) is 0 Å². The summed E-state index contributed by atoms with van der Waals surface area (Å²) in [6, 6.07) is 3.17. The summed E-state index contributed by atoms with van der Waals surface area (Å²) in [6.45, 7) is 6.53. The molecule has 0 bridgehead atoms. The van der Waals surface area contributed by atoms with Crippen molar-refractivity contribution < 1.29 is 19.1 Å². The minimum atomic E-state index is -0.559. The molecule has 0 saturated carbocycles. The molecule has 1 aromatic heterocycles. The Hall–Kier alpha value is -2.97. The van der Waals surface area contributed by atoms with Crippen molar-refractivity contribution in [3.63, 3.8) is 0 Å². The molecular formula is C18H27N5O4. The number of methoxy groups -OCH3 is 1. The number of fused-ring (bicyclic) bond motifs is 1. The second-order valence-corrected chi connectivity index (χ2v) is 7.17. The molecule has 0 aliphatic rings. The minimum absolute atomic E-state index is 0.311. The van der Waals surface area contributed by atoms with Crippen molar-refractivity contribution in [2.24, 2.45) is 5.73 Å². The van der Waals surface area contributed by atoms with Gasteiger partial charge in [0.15, 0.2) is 0 Å². The number of imidazole rings is 1. The molecule has 0 unspecified atom stereocenters. The maximum Gasteiger partial charge on any atom is 0.407 e. The van der Waals surface area contributed by atoms with Gasteiger partial charge in [0.25, 0.3) is 0 Å². The zero-order valence-corrected chi connectivity index (χ0v) is 16.2. The Bertz CT molecular complexity index is 838. The first-order valence-electron chi connectivity index (χ1n) is 8.73. The van der Waals surface area contributed by atoms with Gasteiger partial charge in [0, 0.05) is 18.7 Å². The van der Waals surface area contributed by atoms with E-state index in [-0.39, 0.29) is 0 Å². The highest BCUT2D eigenvalue weighted by atomic mass is 16.6. The third-order valence-electron chi connectivity index (χ3n) is 3.82. The van der Waals surface area contributed by atoms with E-state index < -0.39 is 17.6 Å². The van der Waals surface area contributed by atoms with E-state index in [1.807, 2.05) is 25.3 Å². The van der Waals surface area contributed by atoms with Gasteiger partial charge in [-0.3, -0.25) is 4.79 Å². The number of unbranched alkanes of at least 4 members (excludes halogenated alkanes) is 1. The van der Waals surface area contributed by atoms with E-state index in [2.05, 4.69) is 10.3 Å². The van der Waals surface area contributed by atoms with Crippen LogP contribution in [0, 0.1) is 0 Å². The van der Waals surface area contributed by atoms with E-state index >= 15 is 0 Å². The van der Waals surface area contributed by atoms with E-state index in [1.165, 1.54) is 7.11 Å². The number of nitrogens with two attached hydrogens (primary N) is 2. The summed E-state index contributed by atoms with van der Waals surface area (Å²) in [7, 11) is 1.51. The predicted octanol–water partition coefficient (Wildman–Crippen LogP) is 2.03. The van der Waals surface area contributed by atoms with Gasteiger partial charge in [0.05, 0.1) is 12.6 Å². The number of anilines is 1. The summed E-state index contributed by atoms with van der Waals surface area (Å²) in [5.74, 6) is 0.249. The van der Waals surface area contributed by atoms with Crippen LogP contribution in [0.2, 0.25) is 0 Å². The summed E-state index contributed by atoms with van der Waals surface area (Å²) in [4.78, 5) is 27.4. The average molecular weight is 377 g/mol. The molecule has 0 spiro atoms. The molecule has 1 heterocycles. The van der Waals surface area contributed by atoms with Gasteiger partial charge >= 0.3 is 6.09 Å². The smallest absolute Gasteiger partial charge is 0.407 e. The number of aromatic nitrogens is 2. The van der Waals surface area contributed by atoms with E-state index in [9.17, 15) is 9.59 Å². The van der Waals surface area contributed by atoms with Gasteiger partial charge in [-0.15, -0.1) is 0 Å². The molecule has 0 radical (unpaired) electrons. The van der Waals surface area contributed by atoms with Crippen molar-refractivity contribution >= 4 is 29.0 Å². The molecule has 2 amide bonds. The maximum absolute atomic E-state index is 11.6. The van der Waals surface area contributed by atoms with Gasteiger partial charge < -0.3 is 30.8 Å². The van der Waals surface area contributed by atoms with Crippen molar-refractivity contribution in [2.45, 2.75) is 45.8 Å². The van der Waals surface area contributed by atoms with Crippen LogP contribution in [-0.2, 0) is 11.3 Å². The standard InChI is InChI=1S/C18H27N5O4/c1-18(2,3)27-17(25)21-7-5-6-8-23-14-12(22-16(23)20)9-11(15(19)24)10-13(14)26-4/h9-10H,5-8H2,1-4H3,(H2,19,24)(H2,20,22)(H,21,25). The van der Waals surface area contributed by atoms with E-state index in [4.69, 9.17) is 20.9 Å². The van der Waals surface area contributed by atoms with Gasteiger partial charge in [-0.25, -0.2) is 9.78 Å². The molecule has 2 rings (SSSR count). The molecule has 0 fully saturated rings. The largest absolute Gasteiger partial charge is 0.494 e. The fourth-order valence-electron chi connectivity index (χ4n) is 2.67. The molecule has 148 valence electrons. The normalized spacial score (nSPS) is 11.4. The highest BCUT2D eigenvalue weighted by Gasteiger charge is 2.17. The number of nitrogens with one attached hydrogen (secondary N) is 1. The Morgan fingerprint density at radius 2 is 1.96 bits per heavy atom. The van der Waals surface area contributed by atoms with E-state index in [0.29, 0.717) is 41.4 Å². The Kier molecular flexibility index (Phi) is 6.14. The number of carbonyl (C=O) groups is 2. The molecule has 5 N–H and O–H groups in total. The summed E-state index contributed by atoms with van der Waals surface area (Å²) >= 11 is 0. The molecular weight excluding hydrogens is 350 g/mol. The fourth-order valence-corrected chi connectivity index (χ4v) is 2.67. The van der Waals surface area contributed by atoms with Crippen molar-refractivity contribution in [3.05, 3.63) is 17.7 Å². The third-order valence-corrected chi connectivity index (χ3v) is 3.82. The van der Waals surface area contributed by atoms with Gasteiger partial charge in [0.2, 0.25) is 11.9 Å². The molecule has 0 atom stereocenters. The number of nitrogens with zero attached hydrogens (tertiary/aromatic N) is 2. The highest BCUT2D eigenvalue weighted by Crippen LogP contribution is 2.29. The van der Waals surface area contributed by atoms with Crippen LogP contribution in [0.1, 0.15) is 44.0 Å². The molecule has 9 nitrogen and oxygen atoms in total. The third kappa shape index (κ3) is 5.25. The van der Waals surface area contributed by atoms with Crippen LogP contribution < -0.4 is 21.5 Å². The number of benzene rings is 1. The first kappa shape index (κ1) is 20.3. The first-order valence-corrected chi connectivity index (χ1v) is 8.73. The summed E-state index contributed by atoms with van der Waals surface area (Å²) in [6.07, 6.45) is 1.06. The highest BCUT2D eigenvalue weighted by molar-refractivity contribution is 5.98. The van der Waals surface area contributed by atoms with Gasteiger partial charge in [-0.1, -0.05) is 0 Å². The number of carbonyl (C=O) groups excluding carboxylic acids is 2. The van der Waals surface area contributed by atoms with Crippen molar-refractivity contribution in [3.8, 4) is 5.75 Å². The van der Waals surface area contributed by atoms with E-state index in [1.54, 1.807) is 12.1 Å². The number of alkyl carbamates (subject to hydrolysis) is 1. The lowest BCUT2D eigenvalue weighted by Gasteiger charge is -2.19.